The van der Waals surface area contributed by atoms with Crippen molar-refractivity contribution in [1.29, 1.82) is 0 Å². The molecule has 1 aromatic rings. The number of rotatable bonds is 3. The summed E-state index contributed by atoms with van der Waals surface area (Å²) in [4.78, 5) is 11.8. The second-order valence-corrected chi connectivity index (χ2v) is 5.66. The largest absolute Gasteiger partial charge is 0.350 e. The zero-order valence-corrected chi connectivity index (χ0v) is 12.2. The van der Waals surface area contributed by atoms with Gasteiger partial charge in [0.05, 0.1) is 10.0 Å². The van der Waals surface area contributed by atoms with E-state index in [1.807, 2.05) is 6.07 Å². The fourth-order valence-corrected chi connectivity index (χ4v) is 2.59. The Balaban J connectivity index is 1.90. The Morgan fingerprint density at radius 2 is 1.89 bits per heavy atom. The van der Waals surface area contributed by atoms with Gasteiger partial charge in [0, 0.05) is 12.1 Å². The Morgan fingerprint density at radius 3 is 2.58 bits per heavy atom. The van der Waals surface area contributed by atoms with Gasteiger partial charge in [-0.3, -0.25) is 4.79 Å². The topological polar surface area (TPSA) is 29.1 Å². The first kappa shape index (κ1) is 14.4. The standard InChI is InChI=1S/C15H17Cl2NO/c16-13-8-6-11(10-14(13)17)7-9-15(19)18-12-4-2-1-3-5-12/h6-10,12H,1-5H2,(H,18,19)/b9-7+. The van der Waals surface area contributed by atoms with Crippen LogP contribution in [0.1, 0.15) is 37.7 Å². The fraction of sp³-hybridized carbons (Fsp3) is 0.400. The monoisotopic (exact) mass is 297 g/mol. The van der Waals surface area contributed by atoms with E-state index >= 15 is 0 Å². The third-order valence-electron chi connectivity index (χ3n) is 3.32. The number of benzene rings is 1. The third kappa shape index (κ3) is 4.55. The van der Waals surface area contributed by atoms with Crippen LogP contribution in [0.4, 0.5) is 0 Å². The number of carbonyl (C=O) groups excluding carboxylic acids is 1. The van der Waals surface area contributed by atoms with Crippen LogP contribution in [0.15, 0.2) is 24.3 Å². The molecule has 4 heteroatoms. The molecular formula is C15H17Cl2NO. The Kier molecular flexibility index (Phi) is 5.29. The number of carbonyl (C=O) groups is 1. The van der Waals surface area contributed by atoms with Crippen molar-refractivity contribution in [2.45, 2.75) is 38.1 Å². The molecule has 0 aromatic heterocycles. The van der Waals surface area contributed by atoms with Crippen LogP contribution in [0, 0.1) is 0 Å². The summed E-state index contributed by atoms with van der Waals surface area (Å²) in [5.41, 5.74) is 0.869. The van der Waals surface area contributed by atoms with Crippen molar-refractivity contribution in [3.63, 3.8) is 0 Å². The number of hydrogen-bond acceptors (Lipinski definition) is 1. The van der Waals surface area contributed by atoms with Gasteiger partial charge in [0.2, 0.25) is 5.91 Å². The average molecular weight is 298 g/mol. The molecule has 2 rings (SSSR count). The van der Waals surface area contributed by atoms with Crippen molar-refractivity contribution in [2.75, 3.05) is 0 Å². The number of halogens is 2. The molecule has 1 fully saturated rings. The zero-order valence-electron chi connectivity index (χ0n) is 10.7. The van der Waals surface area contributed by atoms with Crippen molar-refractivity contribution < 1.29 is 4.79 Å². The molecule has 102 valence electrons. The molecule has 2 nitrogen and oxygen atoms in total. The van der Waals surface area contributed by atoms with Crippen LogP contribution in [0.5, 0.6) is 0 Å². The van der Waals surface area contributed by atoms with Crippen LogP contribution in [-0.4, -0.2) is 11.9 Å². The lowest BCUT2D eigenvalue weighted by Crippen LogP contribution is -2.34. The van der Waals surface area contributed by atoms with Crippen molar-refractivity contribution in [3.8, 4) is 0 Å². The predicted octanol–water partition coefficient (Wildman–Crippen LogP) is 4.46. The molecule has 1 saturated carbocycles. The minimum absolute atomic E-state index is 0.0435. The van der Waals surface area contributed by atoms with E-state index in [1.54, 1.807) is 24.3 Å². The molecule has 0 radical (unpaired) electrons. The van der Waals surface area contributed by atoms with Gasteiger partial charge in [-0.1, -0.05) is 48.5 Å². The molecule has 0 atom stereocenters. The van der Waals surface area contributed by atoms with Crippen LogP contribution in [0.25, 0.3) is 6.08 Å². The number of amides is 1. The summed E-state index contributed by atoms with van der Waals surface area (Å²) < 4.78 is 0. The van der Waals surface area contributed by atoms with Crippen molar-refractivity contribution in [1.82, 2.24) is 5.32 Å². The van der Waals surface area contributed by atoms with E-state index < -0.39 is 0 Å². The predicted molar refractivity (Wildman–Crippen MR) is 80.5 cm³/mol. The van der Waals surface area contributed by atoms with Gasteiger partial charge >= 0.3 is 0 Å². The van der Waals surface area contributed by atoms with Gasteiger partial charge in [0.25, 0.3) is 0 Å². The quantitative estimate of drug-likeness (QED) is 0.820. The van der Waals surface area contributed by atoms with E-state index in [-0.39, 0.29) is 5.91 Å². The van der Waals surface area contributed by atoms with Crippen LogP contribution in [-0.2, 0) is 4.79 Å². The molecule has 0 unspecified atom stereocenters. The lowest BCUT2D eigenvalue weighted by Gasteiger charge is -2.21. The maximum atomic E-state index is 11.8. The van der Waals surface area contributed by atoms with Gasteiger partial charge in [0.15, 0.2) is 0 Å². The van der Waals surface area contributed by atoms with Gasteiger partial charge in [-0.05, 0) is 36.6 Å². The molecule has 19 heavy (non-hydrogen) atoms. The average Bonchev–Trinajstić information content (AvgIpc) is 2.41. The highest BCUT2D eigenvalue weighted by molar-refractivity contribution is 6.42. The first-order chi connectivity index (χ1) is 9.15. The van der Waals surface area contributed by atoms with Crippen molar-refractivity contribution in [2.24, 2.45) is 0 Å². The first-order valence-electron chi connectivity index (χ1n) is 6.59. The maximum absolute atomic E-state index is 11.8. The highest BCUT2D eigenvalue weighted by Gasteiger charge is 2.14. The summed E-state index contributed by atoms with van der Waals surface area (Å²) in [7, 11) is 0. The SMILES string of the molecule is O=C(/C=C/c1ccc(Cl)c(Cl)c1)NC1CCCCC1. The molecule has 0 heterocycles. The summed E-state index contributed by atoms with van der Waals surface area (Å²) in [5.74, 6) is -0.0435. The third-order valence-corrected chi connectivity index (χ3v) is 4.06. The molecule has 0 bridgehead atoms. The van der Waals surface area contributed by atoms with Gasteiger partial charge in [-0.2, -0.15) is 0 Å². The highest BCUT2D eigenvalue weighted by atomic mass is 35.5. The van der Waals surface area contributed by atoms with Gasteiger partial charge in [-0.25, -0.2) is 0 Å². The Morgan fingerprint density at radius 1 is 1.16 bits per heavy atom. The molecule has 1 aromatic carbocycles. The molecular weight excluding hydrogens is 281 g/mol. The summed E-state index contributed by atoms with van der Waals surface area (Å²) in [6.07, 6.45) is 9.18. The van der Waals surface area contributed by atoms with Crippen LogP contribution in [0.3, 0.4) is 0 Å². The fourth-order valence-electron chi connectivity index (χ4n) is 2.28. The molecule has 0 spiro atoms. The van der Waals surface area contributed by atoms with E-state index in [2.05, 4.69) is 5.32 Å². The van der Waals surface area contributed by atoms with Crippen molar-refractivity contribution >= 4 is 35.2 Å². The van der Waals surface area contributed by atoms with E-state index in [9.17, 15) is 4.79 Å². The summed E-state index contributed by atoms with van der Waals surface area (Å²) in [6.45, 7) is 0. The normalized spacial score (nSPS) is 16.7. The highest BCUT2D eigenvalue weighted by Crippen LogP contribution is 2.23. The van der Waals surface area contributed by atoms with Crippen LogP contribution in [0.2, 0.25) is 10.0 Å². The van der Waals surface area contributed by atoms with E-state index in [0.29, 0.717) is 16.1 Å². The van der Waals surface area contributed by atoms with Crippen LogP contribution < -0.4 is 5.32 Å². The smallest absolute Gasteiger partial charge is 0.244 e. The summed E-state index contributed by atoms with van der Waals surface area (Å²) in [5, 5.41) is 4.05. The minimum Gasteiger partial charge on any atom is -0.350 e. The summed E-state index contributed by atoms with van der Waals surface area (Å²) >= 11 is 11.8. The van der Waals surface area contributed by atoms with Crippen molar-refractivity contribution in [3.05, 3.63) is 39.9 Å². The molecule has 1 aliphatic rings. The maximum Gasteiger partial charge on any atom is 0.244 e. The number of hydrogen-bond donors (Lipinski definition) is 1. The molecule has 1 aliphatic carbocycles. The second kappa shape index (κ2) is 6.97. The first-order valence-corrected chi connectivity index (χ1v) is 7.34. The summed E-state index contributed by atoms with van der Waals surface area (Å²) in [6, 6.07) is 5.63. The molecule has 0 aliphatic heterocycles. The lowest BCUT2D eigenvalue weighted by atomic mass is 9.95. The van der Waals surface area contributed by atoms with Gasteiger partial charge < -0.3 is 5.32 Å². The van der Waals surface area contributed by atoms with E-state index in [4.69, 9.17) is 23.2 Å². The molecule has 0 saturated heterocycles. The van der Waals surface area contributed by atoms with E-state index in [0.717, 1.165) is 18.4 Å². The zero-order chi connectivity index (χ0) is 13.7. The second-order valence-electron chi connectivity index (χ2n) is 4.85. The lowest BCUT2D eigenvalue weighted by molar-refractivity contribution is -0.117. The van der Waals surface area contributed by atoms with E-state index in [1.165, 1.54) is 19.3 Å². The van der Waals surface area contributed by atoms with Gasteiger partial charge in [0.1, 0.15) is 0 Å². The Hall–Kier alpha value is -0.990. The van der Waals surface area contributed by atoms with Gasteiger partial charge in [-0.15, -0.1) is 0 Å². The number of nitrogens with one attached hydrogen (secondary N) is 1. The molecule has 1 N–H and O–H groups in total. The minimum atomic E-state index is -0.0435. The Bertz CT molecular complexity index is 479. The Labute approximate surface area is 123 Å². The van der Waals surface area contributed by atoms with Crippen LogP contribution >= 0.6 is 23.2 Å². The molecule has 1 amide bonds.